The highest BCUT2D eigenvalue weighted by Gasteiger charge is 2.31. The predicted molar refractivity (Wildman–Crippen MR) is 297 cm³/mol. The van der Waals surface area contributed by atoms with Crippen molar-refractivity contribution >= 4 is 87.2 Å². The monoisotopic (exact) mass is 914 g/mol. The average molecular weight is 915 g/mol. The van der Waals surface area contributed by atoms with Gasteiger partial charge in [0.2, 0.25) is 0 Å². The van der Waals surface area contributed by atoms with Crippen LogP contribution in [-0.4, -0.2) is 28.7 Å². The van der Waals surface area contributed by atoms with Gasteiger partial charge < -0.3 is 8.80 Å². The first-order valence-corrected chi connectivity index (χ1v) is 24.4. The SMILES string of the molecule is c1ccc(-c2ccc3c(c2)c2cc(-c4ccccc4)cc4c5c6nc(-c7cccnc7)c(-c7cccnc7)nc6c6c7cc(-c8ccccc8)cc8c9cc(-c%10ccccc%10)ccc9n(c87)c6c5n3c24)cc1. The van der Waals surface area contributed by atoms with Gasteiger partial charge in [0.05, 0.1) is 44.5 Å². The van der Waals surface area contributed by atoms with Crippen LogP contribution in [0.25, 0.3) is 154 Å². The molecule has 7 heterocycles. The second-order valence-electron chi connectivity index (χ2n) is 19.0. The molecular weight excluding hydrogens is 877 g/mol. The van der Waals surface area contributed by atoms with Crippen molar-refractivity contribution in [2.75, 3.05) is 0 Å². The summed E-state index contributed by atoms with van der Waals surface area (Å²) in [6.45, 7) is 0. The van der Waals surface area contributed by atoms with Crippen LogP contribution in [0.1, 0.15) is 0 Å². The second-order valence-corrected chi connectivity index (χ2v) is 19.0. The van der Waals surface area contributed by atoms with E-state index in [4.69, 9.17) is 9.97 Å². The molecule has 0 aliphatic rings. The standard InChI is InChI=1S/C66H38N6/c1-5-15-39(16-6-1)43-25-27-55-49(31-43)51-33-47(41-19-9-3-10-20-41)35-53-57-61-62(70-60(46-24-14-30-68-38-46)59(69-61)45-23-13-29-67-37-45)58-54-36-48(42-21-11-4-12-22-42)34-52-50-32-44(40-17-7-2-8-18-40)26-28-56(50)72(64(52)54)66(58)65(57)71(55)63(51)53/h1-38H. The molecule has 16 rings (SSSR count). The normalized spacial score (nSPS) is 12.2. The summed E-state index contributed by atoms with van der Waals surface area (Å²) >= 11 is 0. The molecule has 0 aliphatic carbocycles. The molecule has 0 spiro atoms. The molecule has 9 aromatic carbocycles. The van der Waals surface area contributed by atoms with Crippen molar-refractivity contribution in [3.63, 3.8) is 0 Å². The highest BCUT2D eigenvalue weighted by molar-refractivity contribution is 6.40. The van der Waals surface area contributed by atoms with Gasteiger partial charge in [-0.3, -0.25) is 9.97 Å². The molecule has 0 saturated carbocycles. The maximum absolute atomic E-state index is 5.90. The Morgan fingerprint density at radius 3 is 0.986 bits per heavy atom. The maximum atomic E-state index is 5.90. The molecule has 0 aliphatic heterocycles. The number of fused-ring (bicyclic) bond motifs is 16. The highest BCUT2D eigenvalue weighted by Crippen LogP contribution is 2.52. The summed E-state index contributed by atoms with van der Waals surface area (Å²) in [5, 5.41) is 9.20. The molecule has 0 fully saturated rings. The first-order chi connectivity index (χ1) is 35.7. The minimum atomic E-state index is 0.759. The topological polar surface area (TPSA) is 60.4 Å². The fourth-order valence-electron chi connectivity index (χ4n) is 12.0. The van der Waals surface area contributed by atoms with Crippen molar-refractivity contribution in [3.05, 3.63) is 231 Å². The molecule has 16 aromatic rings. The lowest BCUT2D eigenvalue weighted by atomic mass is 9.95. The lowest BCUT2D eigenvalue weighted by Gasteiger charge is -2.13. The lowest BCUT2D eigenvalue weighted by Crippen LogP contribution is -1.98. The second kappa shape index (κ2) is 14.9. The Bertz CT molecular complexity index is 4490. The molecule has 7 aromatic heterocycles. The minimum Gasteiger partial charge on any atom is -0.306 e. The summed E-state index contributed by atoms with van der Waals surface area (Å²) in [5.41, 5.74) is 21.2. The number of nitrogens with zero attached hydrogens (tertiary/aromatic N) is 6. The van der Waals surface area contributed by atoms with Crippen molar-refractivity contribution in [2.45, 2.75) is 0 Å². The minimum absolute atomic E-state index is 0.759. The molecule has 0 N–H and O–H groups in total. The highest BCUT2D eigenvalue weighted by atomic mass is 15.0. The van der Waals surface area contributed by atoms with Gasteiger partial charge in [-0.25, -0.2) is 9.97 Å². The molecule has 0 saturated heterocycles. The zero-order chi connectivity index (χ0) is 47.0. The van der Waals surface area contributed by atoms with Gasteiger partial charge in [0.25, 0.3) is 0 Å². The summed E-state index contributed by atoms with van der Waals surface area (Å²) in [4.78, 5) is 21.0. The van der Waals surface area contributed by atoms with E-state index in [-0.39, 0.29) is 0 Å². The van der Waals surface area contributed by atoms with E-state index < -0.39 is 0 Å². The van der Waals surface area contributed by atoms with Crippen LogP contribution in [0, 0.1) is 0 Å². The van der Waals surface area contributed by atoms with Gasteiger partial charge in [-0.05, 0) is 117 Å². The van der Waals surface area contributed by atoms with Crippen molar-refractivity contribution in [1.29, 1.82) is 0 Å². The molecule has 0 atom stereocenters. The molecule has 0 amide bonds. The van der Waals surface area contributed by atoms with Crippen molar-refractivity contribution < 1.29 is 0 Å². The van der Waals surface area contributed by atoms with Crippen LogP contribution in [0.15, 0.2) is 231 Å². The Labute approximate surface area is 412 Å². The molecule has 0 bridgehead atoms. The Balaban J connectivity index is 1.18. The molecule has 0 unspecified atom stereocenters. The van der Waals surface area contributed by atoms with E-state index in [9.17, 15) is 0 Å². The molecule has 6 heteroatoms. The van der Waals surface area contributed by atoms with Gasteiger partial charge in [0.15, 0.2) is 0 Å². The Morgan fingerprint density at radius 1 is 0.264 bits per heavy atom. The zero-order valence-electron chi connectivity index (χ0n) is 38.6. The predicted octanol–water partition coefficient (Wildman–Crippen LogP) is 16.7. The fourth-order valence-corrected chi connectivity index (χ4v) is 12.0. The van der Waals surface area contributed by atoms with Crippen molar-refractivity contribution in [3.8, 4) is 67.0 Å². The Kier molecular flexibility index (Phi) is 8.07. The Hall–Kier alpha value is -9.78. The summed E-state index contributed by atoms with van der Waals surface area (Å²) in [6, 6.07) is 74.7. The number of aromatic nitrogens is 6. The van der Waals surface area contributed by atoms with E-state index in [1.165, 1.54) is 54.8 Å². The average Bonchev–Trinajstić information content (AvgIpc) is 4.19. The lowest BCUT2D eigenvalue weighted by molar-refractivity contribution is 1.25. The third-order valence-corrected chi connectivity index (χ3v) is 15.1. The van der Waals surface area contributed by atoms with Crippen LogP contribution >= 0.6 is 0 Å². The fraction of sp³-hybridized carbons (Fsp3) is 0. The maximum Gasteiger partial charge on any atom is 0.100 e. The van der Waals surface area contributed by atoms with E-state index >= 15 is 0 Å². The smallest absolute Gasteiger partial charge is 0.100 e. The molecule has 0 radical (unpaired) electrons. The van der Waals surface area contributed by atoms with E-state index in [2.05, 4.69) is 213 Å². The van der Waals surface area contributed by atoms with Gasteiger partial charge in [-0.2, -0.15) is 0 Å². The number of rotatable bonds is 6. The summed E-state index contributed by atoms with van der Waals surface area (Å²) in [5.74, 6) is 0. The van der Waals surface area contributed by atoms with E-state index in [1.807, 2.05) is 36.9 Å². The van der Waals surface area contributed by atoms with Crippen molar-refractivity contribution in [2.24, 2.45) is 0 Å². The van der Waals surface area contributed by atoms with E-state index in [1.54, 1.807) is 0 Å². The van der Waals surface area contributed by atoms with Crippen LogP contribution in [0.2, 0.25) is 0 Å². The summed E-state index contributed by atoms with van der Waals surface area (Å²) < 4.78 is 5.11. The number of benzene rings is 9. The van der Waals surface area contributed by atoms with Crippen LogP contribution in [0.5, 0.6) is 0 Å². The third-order valence-electron chi connectivity index (χ3n) is 15.1. The van der Waals surface area contributed by atoms with Gasteiger partial charge in [-0.15, -0.1) is 0 Å². The molecular formula is C66H38N6. The van der Waals surface area contributed by atoms with E-state index in [0.717, 1.165) is 99.4 Å². The van der Waals surface area contributed by atoms with E-state index in [0.29, 0.717) is 0 Å². The molecule has 332 valence electrons. The Morgan fingerprint density at radius 2 is 0.611 bits per heavy atom. The van der Waals surface area contributed by atoms with Crippen LogP contribution in [-0.2, 0) is 0 Å². The first-order valence-electron chi connectivity index (χ1n) is 24.4. The first kappa shape index (κ1) is 39.1. The van der Waals surface area contributed by atoms with Crippen LogP contribution < -0.4 is 0 Å². The van der Waals surface area contributed by atoms with Gasteiger partial charge in [0, 0.05) is 79.0 Å². The van der Waals surface area contributed by atoms with Crippen molar-refractivity contribution in [1.82, 2.24) is 28.7 Å². The largest absolute Gasteiger partial charge is 0.306 e. The van der Waals surface area contributed by atoms with Gasteiger partial charge in [0.1, 0.15) is 11.0 Å². The zero-order valence-corrected chi connectivity index (χ0v) is 38.6. The molecule has 6 nitrogen and oxygen atoms in total. The summed E-state index contributed by atoms with van der Waals surface area (Å²) in [6.07, 6.45) is 7.42. The number of hydrogen-bond donors (Lipinski definition) is 0. The quantitative estimate of drug-likeness (QED) is 0.167. The number of hydrogen-bond acceptors (Lipinski definition) is 4. The third kappa shape index (κ3) is 5.49. The van der Waals surface area contributed by atoms with Crippen LogP contribution in [0.4, 0.5) is 0 Å². The van der Waals surface area contributed by atoms with Gasteiger partial charge >= 0.3 is 0 Å². The van der Waals surface area contributed by atoms with Crippen LogP contribution in [0.3, 0.4) is 0 Å². The molecule has 72 heavy (non-hydrogen) atoms. The summed E-state index contributed by atoms with van der Waals surface area (Å²) in [7, 11) is 0. The number of pyridine rings is 2. The van der Waals surface area contributed by atoms with Gasteiger partial charge in [-0.1, -0.05) is 133 Å².